The van der Waals surface area contributed by atoms with Crippen LogP contribution < -0.4 is 15.4 Å². The number of nitrogens with one attached hydrogen (secondary N) is 2. The van der Waals surface area contributed by atoms with E-state index in [4.69, 9.17) is 9.47 Å². The largest absolute Gasteiger partial charge is 0.491 e. The van der Waals surface area contributed by atoms with Crippen LogP contribution in [0.2, 0.25) is 0 Å². The molecule has 0 saturated heterocycles. The third-order valence-corrected chi connectivity index (χ3v) is 4.78. The molecule has 2 rings (SSSR count). The highest BCUT2D eigenvalue weighted by molar-refractivity contribution is 14.0. The molecule has 0 aliphatic rings. The van der Waals surface area contributed by atoms with Crippen LogP contribution in [0.3, 0.4) is 0 Å². The van der Waals surface area contributed by atoms with E-state index >= 15 is 0 Å². The van der Waals surface area contributed by atoms with E-state index in [0.717, 1.165) is 30.2 Å². The van der Waals surface area contributed by atoms with Gasteiger partial charge in [-0.2, -0.15) is 0 Å². The molecule has 2 aromatic rings. The van der Waals surface area contributed by atoms with Crippen molar-refractivity contribution >= 4 is 41.3 Å². The van der Waals surface area contributed by atoms with Gasteiger partial charge in [-0.05, 0) is 41.5 Å². The van der Waals surface area contributed by atoms with Gasteiger partial charge in [0.2, 0.25) is 0 Å². The number of benzene rings is 1. The molecule has 1 atom stereocenters. The lowest BCUT2D eigenvalue weighted by Crippen LogP contribution is -2.39. The number of hydrogen-bond acceptors (Lipinski definition) is 4. The van der Waals surface area contributed by atoms with E-state index < -0.39 is 0 Å². The molecule has 0 spiro atoms. The highest BCUT2D eigenvalue weighted by atomic mass is 127. The Bertz CT molecular complexity index is 665. The zero-order valence-corrected chi connectivity index (χ0v) is 19.4. The summed E-state index contributed by atoms with van der Waals surface area (Å²) >= 11 is 1.81. The van der Waals surface area contributed by atoms with Crippen molar-refractivity contribution in [2.75, 3.05) is 33.9 Å². The molecule has 0 saturated carbocycles. The molecule has 1 aromatic heterocycles. The van der Waals surface area contributed by atoms with E-state index in [1.54, 1.807) is 14.2 Å². The molecule has 1 heterocycles. The molecule has 7 heteroatoms. The lowest BCUT2D eigenvalue weighted by atomic mass is 10.1. The second kappa shape index (κ2) is 13.8. The Hall–Kier alpha value is -1.32. The molecule has 0 amide bonds. The number of hydrogen-bond donors (Lipinski definition) is 2. The monoisotopic (exact) mass is 503 g/mol. The number of rotatable bonds is 10. The van der Waals surface area contributed by atoms with Gasteiger partial charge in [-0.3, -0.25) is 4.99 Å². The lowest BCUT2D eigenvalue weighted by Gasteiger charge is -2.16. The fourth-order valence-electron chi connectivity index (χ4n) is 2.51. The number of halogens is 1. The first-order valence-corrected chi connectivity index (χ1v) is 9.76. The Morgan fingerprint density at radius 1 is 1.19 bits per heavy atom. The molecular weight excluding hydrogens is 473 g/mol. The number of thiophene rings is 1. The van der Waals surface area contributed by atoms with Crippen LogP contribution in [0.1, 0.15) is 17.4 Å². The average Bonchev–Trinajstić information content (AvgIpc) is 3.15. The summed E-state index contributed by atoms with van der Waals surface area (Å²) in [7, 11) is 3.47. The highest BCUT2D eigenvalue weighted by Crippen LogP contribution is 2.14. The summed E-state index contributed by atoms with van der Waals surface area (Å²) in [5.41, 5.74) is 1.15. The van der Waals surface area contributed by atoms with Gasteiger partial charge in [-0.25, -0.2) is 0 Å². The number of methoxy groups -OCH3 is 1. The van der Waals surface area contributed by atoms with Crippen LogP contribution in [0.4, 0.5) is 0 Å². The maximum absolute atomic E-state index is 5.65. The highest BCUT2D eigenvalue weighted by Gasteiger charge is 2.06. The van der Waals surface area contributed by atoms with Gasteiger partial charge < -0.3 is 20.1 Å². The van der Waals surface area contributed by atoms with E-state index in [9.17, 15) is 0 Å². The minimum Gasteiger partial charge on any atom is -0.491 e. The fraction of sp³-hybridized carbons (Fsp3) is 0.450. The van der Waals surface area contributed by atoms with E-state index in [1.165, 1.54) is 4.88 Å². The number of guanidine groups is 1. The first kappa shape index (κ1) is 23.7. The second-order valence-corrected chi connectivity index (χ2v) is 7.22. The summed E-state index contributed by atoms with van der Waals surface area (Å²) in [5.74, 6) is 2.22. The average molecular weight is 503 g/mol. The Balaban J connectivity index is 0.00000364. The molecule has 0 fully saturated rings. The number of nitrogens with zero attached hydrogens (tertiary/aromatic N) is 1. The van der Waals surface area contributed by atoms with Crippen LogP contribution in [0.25, 0.3) is 0 Å². The van der Waals surface area contributed by atoms with Gasteiger partial charge in [0.25, 0.3) is 0 Å². The molecule has 1 aromatic carbocycles. The number of ether oxygens (including phenoxy) is 2. The Morgan fingerprint density at radius 2 is 2.04 bits per heavy atom. The van der Waals surface area contributed by atoms with Crippen molar-refractivity contribution in [2.24, 2.45) is 10.9 Å². The zero-order chi connectivity index (χ0) is 18.6. The minimum atomic E-state index is 0. The van der Waals surface area contributed by atoms with Crippen molar-refractivity contribution in [3.05, 3.63) is 52.2 Å². The van der Waals surface area contributed by atoms with Gasteiger partial charge in [-0.15, -0.1) is 35.3 Å². The van der Waals surface area contributed by atoms with E-state index in [1.807, 2.05) is 29.5 Å². The Morgan fingerprint density at radius 3 is 2.74 bits per heavy atom. The van der Waals surface area contributed by atoms with Gasteiger partial charge in [0.15, 0.2) is 5.96 Å². The molecule has 2 N–H and O–H groups in total. The summed E-state index contributed by atoms with van der Waals surface area (Å²) in [6.45, 7) is 4.97. The molecule has 0 bridgehead atoms. The molecule has 5 nitrogen and oxygen atoms in total. The smallest absolute Gasteiger partial charge is 0.191 e. The molecule has 150 valence electrons. The maximum Gasteiger partial charge on any atom is 0.191 e. The summed E-state index contributed by atoms with van der Waals surface area (Å²) in [4.78, 5) is 5.73. The molecule has 0 aliphatic heterocycles. The Kier molecular flexibility index (Phi) is 12.1. The summed E-state index contributed by atoms with van der Waals surface area (Å²) < 4.78 is 10.7. The predicted octanol–water partition coefficient (Wildman–Crippen LogP) is 3.94. The van der Waals surface area contributed by atoms with Gasteiger partial charge in [0.05, 0.1) is 6.61 Å². The van der Waals surface area contributed by atoms with Crippen LogP contribution in [0, 0.1) is 5.92 Å². The summed E-state index contributed by atoms with van der Waals surface area (Å²) in [6.07, 6.45) is 1.09. The van der Waals surface area contributed by atoms with Crippen molar-refractivity contribution in [3.63, 3.8) is 0 Å². The van der Waals surface area contributed by atoms with Crippen LogP contribution in [-0.4, -0.2) is 39.9 Å². The molecule has 0 radical (unpaired) electrons. The van der Waals surface area contributed by atoms with E-state index in [0.29, 0.717) is 25.7 Å². The van der Waals surface area contributed by atoms with Gasteiger partial charge in [0.1, 0.15) is 12.4 Å². The summed E-state index contributed by atoms with van der Waals surface area (Å²) in [6, 6.07) is 12.4. The number of aliphatic imine (C=N–C) groups is 1. The van der Waals surface area contributed by atoms with Crippen LogP contribution >= 0.6 is 35.3 Å². The van der Waals surface area contributed by atoms with Crippen LogP contribution in [-0.2, 0) is 17.7 Å². The van der Waals surface area contributed by atoms with Crippen molar-refractivity contribution in [1.29, 1.82) is 0 Å². The van der Waals surface area contributed by atoms with Crippen molar-refractivity contribution in [2.45, 2.75) is 19.9 Å². The molecular formula is C20H30IN3O2S. The van der Waals surface area contributed by atoms with E-state index in [2.05, 4.69) is 46.1 Å². The quantitative estimate of drug-likeness (QED) is 0.223. The Labute approximate surface area is 183 Å². The predicted molar refractivity (Wildman–Crippen MR) is 125 cm³/mol. The van der Waals surface area contributed by atoms with E-state index in [-0.39, 0.29) is 24.0 Å². The van der Waals surface area contributed by atoms with Crippen molar-refractivity contribution in [3.8, 4) is 5.75 Å². The van der Waals surface area contributed by atoms with Gasteiger partial charge in [0, 0.05) is 32.1 Å². The standard InChI is InChI=1S/C20H29N3O2S.HI/c1-16(12-19-8-5-11-26-19)14-22-20(21-2)23-15-17-6-4-7-18(13-17)25-10-9-24-3;/h4-8,11,13,16H,9-10,12,14-15H2,1-3H3,(H2,21,22,23);1H. The first-order chi connectivity index (χ1) is 12.7. The second-order valence-electron chi connectivity index (χ2n) is 6.18. The fourth-order valence-corrected chi connectivity index (χ4v) is 3.38. The first-order valence-electron chi connectivity index (χ1n) is 8.89. The normalized spacial score (nSPS) is 12.2. The van der Waals surface area contributed by atoms with Crippen LogP contribution in [0.15, 0.2) is 46.8 Å². The van der Waals surface area contributed by atoms with Crippen molar-refractivity contribution < 1.29 is 9.47 Å². The SMILES string of the molecule is CN=C(NCc1cccc(OCCOC)c1)NCC(C)Cc1cccs1.I. The molecule has 0 aliphatic carbocycles. The minimum absolute atomic E-state index is 0. The summed E-state index contributed by atoms with van der Waals surface area (Å²) in [5, 5.41) is 8.89. The maximum atomic E-state index is 5.65. The zero-order valence-electron chi connectivity index (χ0n) is 16.2. The van der Waals surface area contributed by atoms with Crippen LogP contribution in [0.5, 0.6) is 5.75 Å². The lowest BCUT2D eigenvalue weighted by molar-refractivity contribution is 0.146. The molecule has 27 heavy (non-hydrogen) atoms. The third kappa shape index (κ3) is 9.44. The van der Waals surface area contributed by atoms with Crippen molar-refractivity contribution in [1.82, 2.24) is 10.6 Å². The molecule has 1 unspecified atom stereocenters. The van der Waals surface area contributed by atoms with Gasteiger partial charge in [-0.1, -0.05) is 25.1 Å². The topological polar surface area (TPSA) is 54.9 Å². The third-order valence-electron chi connectivity index (χ3n) is 3.89. The van der Waals surface area contributed by atoms with Gasteiger partial charge >= 0.3 is 0 Å².